The fourth-order valence-corrected chi connectivity index (χ4v) is 8.26. The number of carbonyl (C=O) groups is 1. The third-order valence-corrected chi connectivity index (χ3v) is 10.2. The van der Waals surface area contributed by atoms with Gasteiger partial charge in [0.15, 0.2) is 0 Å². The third kappa shape index (κ3) is 4.88. The minimum Gasteiger partial charge on any atom is -0.335 e. The number of thioether (sulfide) groups is 1. The Bertz CT molecular complexity index is 912. The van der Waals surface area contributed by atoms with Crippen LogP contribution >= 0.6 is 34.4 Å². The molecule has 158 valence electrons. The Kier molecular flexibility index (Phi) is 6.98. The summed E-state index contributed by atoms with van der Waals surface area (Å²) < 4.78 is 27.6. The Hall–Kier alpha value is -0.910. The first-order chi connectivity index (χ1) is 14.1. The third-order valence-electron chi connectivity index (χ3n) is 5.33. The van der Waals surface area contributed by atoms with Gasteiger partial charge in [-0.25, -0.2) is 8.42 Å². The van der Waals surface area contributed by atoms with Crippen molar-refractivity contribution in [3.63, 3.8) is 0 Å². The number of nitrogens with zero attached hydrogens (tertiary/aromatic N) is 3. The quantitative estimate of drug-likeness (QED) is 0.648. The summed E-state index contributed by atoms with van der Waals surface area (Å²) in [5, 5.41) is 3.82. The van der Waals surface area contributed by atoms with Crippen LogP contribution in [0.3, 0.4) is 0 Å². The van der Waals surface area contributed by atoms with Gasteiger partial charge in [-0.1, -0.05) is 6.07 Å². The molecule has 2 saturated heterocycles. The number of piperazine rings is 1. The van der Waals surface area contributed by atoms with Crippen LogP contribution in [-0.2, 0) is 16.4 Å². The summed E-state index contributed by atoms with van der Waals surface area (Å²) in [6, 6.07) is 5.82. The van der Waals surface area contributed by atoms with Gasteiger partial charge in [-0.3, -0.25) is 9.69 Å². The van der Waals surface area contributed by atoms with E-state index in [0.29, 0.717) is 31.1 Å². The number of sulfonamides is 1. The summed E-state index contributed by atoms with van der Waals surface area (Å²) in [6.45, 7) is 4.96. The van der Waals surface area contributed by atoms with Crippen molar-refractivity contribution in [2.24, 2.45) is 0 Å². The van der Waals surface area contributed by atoms with Crippen LogP contribution in [0.1, 0.15) is 14.5 Å². The van der Waals surface area contributed by atoms with E-state index in [1.807, 2.05) is 0 Å². The molecule has 6 nitrogen and oxygen atoms in total. The molecule has 0 aliphatic carbocycles. The highest BCUT2D eigenvalue weighted by Crippen LogP contribution is 2.28. The molecular weight excluding hydrogens is 446 g/mol. The van der Waals surface area contributed by atoms with E-state index in [4.69, 9.17) is 0 Å². The van der Waals surface area contributed by atoms with E-state index in [1.165, 1.54) is 20.5 Å². The molecule has 2 aromatic heterocycles. The molecule has 4 rings (SSSR count). The van der Waals surface area contributed by atoms with Gasteiger partial charge in [0.1, 0.15) is 9.77 Å². The number of thiophene rings is 2. The predicted octanol–water partition coefficient (Wildman–Crippen LogP) is 2.55. The number of hydrogen-bond donors (Lipinski definition) is 0. The van der Waals surface area contributed by atoms with Crippen LogP contribution in [0, 0.1) is 0 Å². The first-order valence-corrected chi connectivity index (χ1v) is 14.1. The molecule has 0 spiro atoms. The van der Waals surface area contributed by atoms with Gasteiger partial charge in [0.05, 0.1) is 0 Å². The maximum atomic E-state index is 13.1. The molecular formula is C19H25N3O3S4. The van der Waals surface area contributed by atoms with Gasteiger partial charge in [-0.2, -0.15) is 16.1 Å². The van der Waals surface area contributed by atoms with E-state index in [1.54, 1.807) is 39.4 Å². The average Bonchev–Trinajstić information content (AvgIpc) is 3.45. The van der Waals surface area contributed by atoms with Crippen LogP contribution in [0.5, 0.6) is 0 Å². The molecule has 2 aromatic rings. The monoisotopic (exact) mass is 471 g/mol. The molecule has 29 heavy (non-hydrogen) atoms. The van der Waals surface area contributed by atoms with Crippen LogP contribution < -0.4 is 0 Å². The minimum absolute atomic E-state index is 0.150. The zero-order valence-corrected chi connectivity index (χ0v) is 19.4. The molecule has 2 fully saturated rings. The number of carbonyl (C=O) groups excluding carboxylic acids is 1. The molecule has 0 saturated carbocycles. The molecule has 0 bridgehead atoms. The van der Waals surface area contributed by atoms with Crippen molar-refractivity contribution in [1.82, 2.24) is 14.1 Å². The summed E-state index contributed by atoms with van der Waals surface area (Å²) in [6.07, 6.45) is 1.03. The fraction of sp³-hybridized carbons (Fsp3) is 0.526. The predicted molar refractivity (Wildman–Crippen MR) is 121 cm³/mol. The van der Waals surface area contributed by atoms with Gasteiger partial charge in [0.2, 0.25) is 10.0 Å². The van der Waals surface area contributed by atoms with Crippen molar-refractivity contribution in [3.8, 4) is 0 Å². The van der Waals surface area contributed by atoms with Crippen LogP contribution in [0.15, 0.2) is 33.9 Å². The minimum atomic E-state index is -3.60. The van der Waals surface area contributed by atoms with Crippen molar-refractivity contribution in [3.05, 3.63) is 38.7 Å². The van der Waals surface area contributed by atoms with Gasteiger partial charge in [-0.05, 0) is 29.3 Å². The summed E-state index contributed by atoms with van der Waals surface area (Å²) in [5.41, 5.74) is 0. The van der Waals surface area contributed by atoms with Gasteiger partial charge in [-0.15, -0.1) is 22.7 Å². The summed E-state index contributed by atoms with van der Waals surface area (Å²) in [4.78, 5) is 19.2. The second kappa shape index (κ2) is 9.49. The first-order valence-electron chi connectivity index (χ1n) is 9.75. The van der Waals surface area contributed by atoms with Crippen molar-refractivity contribution < 1.29 is 13.2 Å². The van der Waals surface area contributed by atoms with Gasteiger partial charge in [0.25, 0.3) is 5.91 Å². The van der Waals surface area contributed by atoms with E-state index in [9.17, 15) is 13.2 Å². The highest BCUT2D eigenvalue weighted by atomic mass is 32.2. The molecule has 2 aliphatic heterocycles. The zero-order chi connectivity index (χ0) is 20.3. The Balaban J connectivity index is 1.38. The van der Waals surface area contributed by atoms with E-state index in [2.05, 4.69) is 22.4 Å². The normalized spacial score (nSPS) is 19.5. The van der Waals surface area contributed by atoms with E-state index in [0.717, 1.165) is 37.6 Å². The standard InChI is InChI=1S/C19H25N3O3S4/c23-19(21-8-6-20(7-9-21)5-3-16-2-1-12-27-16)18-17(4-13-28-18)29(24,25)22-10-14-26-15-11-22/h1-2,4,12-13H,3,5-11,14-15H2. The summed E-state index contributed by atoms with van der Waals surface area (Å²) in [7, 11) is -3.60. The van der Waals surface area contributed by atoms with E-state index < -0.39 is 10.0 Å². The molecule has 0 unspecified atom stereocenters. The lowest BCUT2D eigenvalue weighted by molar-refractivity contribution is 0.0640. The molecule has 0 N–H and O–H groups in total. The lowest BCUT2D eigenvalue weighted by atomic mass is 10.2. The summed E-state index contributed by atoms with van der Waals surface area (Å²) >= 11 is 4.78. The number of hydrogen-bond acceptors (Lipinski definition) is 7. The second-order valence-electron chi connectivity index (χ2n) is 7.09. The Labute approximate surface area is 184 Å². The molecule has 10 heteroatoms. The van der Waals surface area contributed by atoms with Crippen LogP contribution in [0.25, 0.3) is 0 Å². The number of amides is 1. The van der Waals surface area contributed by atoms with Crippen LogP contribution in [0.2, 0.25) is 0 Å². The van der Waals surface area contributed by atoms with Crippen LogP contribution in [0.4, 0.5) is 0 Å². The van der Waals surface area contributed by atoms with Crippen molar-refractivity contribution in [1.29, 1.82) is 0 Å². The van der Waals surface area contributed by atoms with E-state index in [-0.39, 0.29) is 10.8 Å². The second-order valence-corrected chi connectivity index (χ2v) is 12.2. The van der Waals surface area contributed by atoms with Gasteiger partial charge >= 0.3 is 0 Å². The maximum Gasteiger partial charge on any atom is 0.265 e. The average molecular weight is 472 g/mol. The highest BCUT2D eigenvalue weighted by Gasteiger charge is 2.33. The van der Waals surface area contributed by atoms with E-state index >= 15 is 0 Å². The van der Waals surface area contributed by atoms with Gasteiger partial charge < -0.3 is 4.90 Å². The van der Waals surface area contributed by atoms with Crippen molar-refractivity contribution >= 4 is 50.4 Å². The van der Waals surface area contributed by atoms with Gasteiger partial charge in [0, 0.05) is 62.2 Å². The molecule has 0 radical (unpaired) electrons. The smallest absolute Gasteiger partial charge is 0.265 e. The largest absolute Gasteiger partial charge is 0.335 e. The van der Waals surface area contributed by atoms with Crippen LogP contribution in [-0.4, -0.2) is 85.7 Å². The number of rotatable bonds is 6. The topological polar surface area (TPSA) is 60.9 Å². The lowest BCUT2D eigenvalue weighted by Gasteiger charge is -2.34. The molecule has 4 heterocycles. The van der Waals surface area contributed by atoms with Crippen molar-refractivity contribution in [2.75, 3.05) is 57.3 Å². The summed E-state index contributed by atoms with van der Waals surface area (Å²) in [5.74, 6) is 1.46. The maximum absolute atomic E-state index is 13.1. The first kappa shape index (κ1) is 21.3. The highest BCUT2D eigenvalue weighted by molar-refractivity contribution is 7.99. The molecule has 1 amide bonds. The lowest BCUT2D eigenvalue weighted by Crippen LogP contribution is -2.49. The SMILES string of the molecule is O=C(c1sccc1S(=O)(=O)N1CCSCC1)N1CCN(CCc2cccs2)CC1. The molecule has 2 aliphatic rings. The molecule has 0 atom stereocenters. The fourth-order valence-electron chi connectivity index (χ4n) is 3.62. The Morgan fingerprint density at radius 3 is 2.41 bits per heavy atom. The zero-order valence-electron chi connectivity index (χ0n) is 16.2. The molecule has 0 aromatic carbocycles. The Morgan fingerprint density at radius 2 is 1.72 bits per heavy atom. The van der Waals surface area contributed by atoms with Crippen molar-refractivity contribution in [2.45, 2.75) is 11.3 Å². The Morgan fingerprint density at radius 1 is 0.966 bits per heavy atom.